The van der Waals surface area contributed by atoms with Crippen molar-refractivity contribution in [2.45, 2.75) is 32.1 Å². The molecule has 1 aliphatic rings. The molecule has 2 N–H and O–H groups in total. The summed E-state index contributed by atoms with van der Waals surface area (Å²) < 4.78 is 7.67. The third-order valence-corrected chi connectivity index (χ3v) is 3.54. The minimum Gasteiger partial charge on any atom is -0.475 e. The Balaban J connectivity index is 1.75. The molecule has 18 heavy (non-hydrogen) atoms. The highest BCUT2D eigenvalue weighted by atomic mass is 16.5. The first-order valence-corrected chi connectivity index (χ1v) is 6.55. The van der Waals surface area contributed by atoms with Crippen molar-refractivity contribution in [1.29, 1.82) is 0 Å². The number of ether oxygens (including phenoxy) is 1. The minimum absolute atomic E-state index is 0.458. The molecule has 0 atom stereocenters. The van der Waals surface area contributed by atoms with Crippen molar-refractivity contribution in [2.24, 2.45) is 5.92 Å². The molecule has 2 aromatic rings. The summed E-state index contributed by atoms with van der Waals surface area (Å²) in [4.78, 5) is 8.47. The highest BCUT2D eigenvalue weighted by Gasteiger charge is 2.15. The predicted molar refractivity (Wildman–Crippen MR) is 69.5 cm³/mol. The van der Waals surface area contributed by atoms with Crippen LogP contribution in [0, 0.1) is 5.92 Å². The van der Waals surface area contributed by atoms with Crippen molar-refractivity contribution in [1.82, 2.24) is 14.4 Å². The van der Waals surface area contributed by atoms with Gasteiger partial charge in [0.1, 0.15) is 5.82 Å². The first kappa shape index (κ1) is 11.3. The summed E-state index contributed by atoms with van der Waals surface area (Å²) in [5.74, 6) is 1.65. The van der Waals surface area contributed by atoms with Crippen LogP contribution in [-0.2, 0) is 0 Å². The van der Waals surface area contributed by atoms with Gasteiger partial charge in [-0.2, -0.15) is 4.98 Å². The fourth-order valence-electron chi connectivity index (χ4n) is 2.57. The van der Waals surface area contributed by atoms with Crippen LogP contribution in [0.15, 0.2) is 18.6 Å². The van der Waals surface area contributed by atoms with Crippen LogP contribution in [0.5, 0.6) is 5.88 Å². The zero-order chi connectivity index (χ0) is 12.4. The Morgan fingerprint density at radius 2 is 2.17 bits per heavy atom. The van der Waals surface area contributed by atoms with Gasteiger partial charge < -0.3 is 10.5 Å². The van der Waals surface area contributed by atoms with Crippen LogP contribution >= 0.6 is 0 Å². The van der Waals surface area contributed by atoms with Gasteiger partial charge in [-0.25, -0.2) is 4.98 Å². The maximum Gasteiger partial charge on any atom is 0.260 e. The van der Waals surface area contributed by atoms with E-state index in [4.69, 9.17) is 10.5 Å². The largest absolute Gasteiger partial charge is 0.475 e. The van der Waals surface area contributed by atoms with Crippen molar-refractivity contribution in [3.8, 4) is 5.88 Å². The van der Waals surface area contributed by atoms with Crippen LogP contribution in [0.2, 0.25) is 0 Å². The van der Waals surface area contributed by atoms with Crippen molar-refractivity contribution < 1.29 is 4.74 Å². The molecule has 3 rings (SSSR count). The molecule has 2 aromatic heterocycles. The fourth-order valence-corrected chi connectivity index (χ4v) is 2.57. The lowest BCUT2D eigenvalue weighted by atomic mass is 9.90. The van der Waals surface area contributed by atoms with Gasteiger partial charge in [-0.1, -0.05) is 19.3 Å². The van der Waals surface area contributed by atoms with E-state index in [0.29, 0.717) is 17.6 Å². The fraction of sp³-hybridized carbons (Fsp3) is 0.538. The normalized spacial score (nSPS) is 17.1. The highest BCUT2D eigenvalue weighted by molar-refractivity contribution is 5.52. The summed E-state index contributed by atoms with van der Waals surface area (Å²) in [5, 5.41) is 0. The molecule has 5 nitrogen and oxygen atoms in total. The Morgan fingerprint density at radius 3 is 3.00 bits per heavy atom. The summed E-state index contributed by atoms with van der Waals surface area (Å²) in [6.07, 6.45) is 11.8. The molecule has 1 saturated carbocycles. The van der Waals surface area contributed by atoms with Crippen LogP contribution in [0.3, 0.4) is 0 Å². The number of nitrogens with two attached hydrogens (primary N) is 1. The number of nitrogens with zero attached hydrogens (tertiary/aromatic N) is 3. The summed E-state index contributed by atoms with van der Waals surface area (Å²) in [6, 6.07) is 0. The van der Waals surface area contributed by atoms with Crippen LogP contribution in [-0.4, -0.2) is 21.0 Å². The molecule has 1 fully saturated rings. The van der Waals surface area contributed by atoms with E-state index in [-0.39, 0.29) is 0 Å². The van der Waals surface area contributed by atoms with E-state index < -0.39 is 0 Å². The van der Waals surface area contributed by atoms with Crippen LogP contribution in [0.25, 0.3) is 5.65 Å². The predicted octanol–water partition coefficient (Wildman–Crippen LogP) is 2.27. The molecule has 0 aliphatic heterocycles. The van der Waals surface area contributed by atoms with Gasteiger partial charge in [0.25, 0.3) is 5.88 Å². The molecule has 0 unspecified atom stereocenters. The van der Waals surface area contributed by atoms with E-state index in [2.05, 4.69) is 9.97 Å². The second kappa shape index (κ2) is 4.84. The van der Waals surface area contributed by atoms with Gasteiger partial charge in [0, 0.05) is 12.4 Å². The van der Waals surface area contributed by atoms with Crippen LogP contribution in [0.4, 0.5) is 5.82 Å². The highest BCUT2D eigenvalue weighted by Crippen LogP contribution is 2.25. The Hall–Kier alpha value is -1.78. The monoisotopic (exact) mass is 246 g/mol. The van der Waals surface area contributed by atoms with E-state index >= 15 is 0 Å². The summed E-state index contributed by atoms with van der Waals surface area (Å²) in [5.41, 5.74) is 6.49. The van der Waals surface area contributed by atoms with E-state index in [1.54, 1.807) is 12.4 Å². The smallest absolute Gasteiger partial charge is 0.260 e. The number of hydrogen-bond donors (Lipinski definition) is 1. The molecule has 0 saturated heterocycles. The number of hydrogen-bond acceptors (Lipinski definition) is 4. The van der Waals surface area contributed by atoms with Gasteiger partial charge in [-0.05, 0) is 18.8 Å². The molecule has 0 spiro atoms. The number of nitrogen functional groups attached to an aromatic ring is 1. The lowest BCUT2D eigenvalue weighted by Crippen LogP contribution is -2.16. The molecule has 2 heterocycles. The van der Waals surface area contributed by atoms with Gasteiger partial charge in [0.05, 0.1) is 12.8 Å². The number of fused-ring (bicyclic) bond motifs is 1. The first-order chi connectivity index (χ1) is 8.83. The van der Waals surface area contributed by atoms with Crippen molar-refractivity contribution in [3.05, 3.63) is 18.6 Å². The van der Waals surface area contributed by atoms with Crippen molar-refractivity contribution in [3.63, 3.8) is 0 Å². The minimum atomic E-state index is 0.458. The molecule has 96 valence electrons. The third kappa shape index (κ3) is 2.25. The zero-order valence-corrected chi connectivity index (χ0v) is 10.4. The van der Waals surface area contributed by atoms with Gasteiger partial charge in [0.2, 0.25) is 5.65 Å². The van der Waals surface area contributed by atoms with Gasteiger partial charge in [-0.15, -0.1) is 0 Å². The summed E-state index contributed by atoms with van der Waals surface area (Å²) >= 11 is 0. The number of aromatic nitrogens is 3. The number of rotatable bonds is 3. The standard InChI is InChI=1S/C13H18N4O/c14-11-8-17-7-6-15-12(17)13(16-11)18-9-10-4-2-1-3-5-10/h6-8,10H,1-5,9,14H2. The van der Waals surface area contributed by atoms with Gasteiger partial charge >= 0.3 is 0 Å². The lowest BCUT2D eigenvalue weighted by Gasteiger charge is -2.21. The zero-order valence-electron chi connectivity index (χ0n) is 10.4. The number of anilines is 1. The first-order valence-electron chi connectivity index (χ1n) is 6.55. The SMILES string of the molecule is Nc1cn2ccnc2c(OCC2CCCCC2)n1. The molecule has 5 heteroatoms. The molecule has 1 aliphatic carbocycles. The average Bonchev–Trinajstić information content (AvgIpc) is 2.85. The summed E-state index contributed by atoms with van der Waals surface area (Å²) in [7, 11) is 0. The second-order valence-electron chi connectivity index (χ2n) is 4.94. The molecule has 0 aromatic carbocycles. The lowest BCUT2D eigenvalue weighted by molar-refractivity contribution is 0.204. The summed E-state index contributed by atoms with van der Waals surface area (Å²) in [6.45, 7) is 0.721. The van der Waals surface area contributed by atoms with Crippen LogP contribution in [0.1, 0.15) is 32.1 Å². The quantitative estimate of drug-likeness (QED) is 0.902. The maximum atomic E-state index is 5.82. The maximum absolute atomic E-state index is 5.82. The molecule has 0 radical (unpaired) electrons. The van der Waals surface area contributed by atoms with E-state index in [9.17, 15) is 0 Å². The Labute approximate surface area is 106 Å². The molecule has 0 amide bonds. The van der Waals surface area contributed by atoms with E-state index in [1.807, 2.05) is 10.6 Å². The third-order valence-electron chi connectivity index (χ3n) is 3.54. The van der Waals surface area contributed by atoms with Crippen molar-refractivity contribution >= 4 is 11.5 Å². The molecule has 0 bridgehead atoms. The van der Waals surface area contributed by atoms with Gasteiger partial charge in [-0.3, -0.25) is 4.40 Å². The number of imidazole rings is 1. The topological polar surface area (TPSA) is 65.4 Å². The Bertz CT molecular complexity index is 531. The van der Waals surface area contributed by atoms with Gasteiger partial charge in [0.15, 0.2) is 0 Å². The Morgan fingerprint density at radius 1 is 1.33 bits per heavy atom. The van der Waals surface area contributed by atoms with Crippen LogP contribution < -0.4 is 10.5 Å². The van der Waals surface area contributed by atoms with E-state index in [1.165, 1.54) is 32.1 Å². The van der Waals surface area contributed by atoms with Crippen molar-refractivity contribution in [2.75, 3.05) is 12.3 Å². The Kier molecular flexibility index (Phi) is 3.04. The molecular formula is C13H18N4O. The second-order valence-corrected chi connectivity index (χ2v) is 4.94. The average molecular weight is 246 g/mol. The molecular weight excluding hydrogens is 228 g/mol. The van der Waals surface area contributed by atoms with E-state index in [0.717, 1.165) is 12.3 Å².